The standard InChI is InChI=1S/C19H26F2N2O4S/c1-2-28-15-12-17(25)23(18(15)26)11-5-10-22-16(24)13-27-14-6-3-4-8-19(20,21)9-7-14/h14-15H,2-3,5-7,9-13H2,1H3,(H,22,24). The Kier molecular flexibility index (Phi) is 8.70. The fraction of sp³-hybridized carbons (Fsp3) is 0.737. The van der Waals surface area contributed by atoms with Crippen LogP contribution in [0.5, 0.6) is 0 Å². The molecule has 1 aliphatic carbocycles. The highest BCUT2D eigenvalue weighted by molar-refractivity contribution is 8.00. The number of carbonyl (C=O) groups excluding carboxylic acids is 3. The highest BCUT2D eigenvalue weighted by Gasteiger charge is 2.37. The van der Waals surface area contributed by atoms with Gasteiger partial charge in [0.2, 0.25) is 17.7 Å². The van der Waals surface area contributed by atoms with Gasteiger partial charge in [0.15, 0.2) is 0 Å². The average molecular weight is 416 g/mol. The van der Waals surface area contributed by atoms with E-state index in [1.54, 1.807) is 0 Å². The Hall–Kier alpha value is -1.66. The minimum atomic E-state index is -3.00. The molecule has 1 saturated heterocycles. The first-order chi connectivity index (χ1) is 13.3. The van der Waals surface area contributed by atoms with Crippen molar-refractivity contribution in [2.45, 2.75) is 62.7 Å². The van der Waals surface area contributed by atoms with Crippen molar-refractivity contribution in [2.24, 2.45) is 0 Å². The van der Waals surface area contributed by atoms with Crippen LogP contribution in [0.3, 0.4) is 0 Å². The van der Waals surface area contributed by atoms with E-state index in [4.69, 9.17) is 4.74 Å². The number of nitrogens with zero attached hydrogens (tertiary/aromatic N) is 1. The van der Waals surface area contributed by atoms with Crippen molar-refractivity contribution in [1.82, 2.24) is 10.2 Å². The van der Waals surface area contributed by atoms with Gasteiger partial charge >= 0.3 is 5.92 Å². The zero-order valence-electron chi connectivity index (χ0n) is 16.0. The maximum absolute atomic E-state index is 13.3. The minimum absolute atomic E-state index is 0.157. The monoisotopic (exact) mass is 416 g/mol. The Balaban J connectivity index is 1.62. The minimum Gasteiger partial charge on any atom is -0.368 e. The van der Waals surface area contributed by atoms with E-state index in [2.05, 4.69) is 11.2 Å². The molecule has 9 heteroatoms. The van der Waals surface area contributed by atoms with Crippen LogP contribution >= 0.6 is 11.8 Å². The van der Waals surface area contributed by atoms with Gasteiger partial charge in [0.05, 0.1) is 11.4 Å². The molecule has 1 aliphatic heterocycles. The highest BCUT2D eigenvalue weighted by Crippen LogP contribution is 2.25. The summed E-state index contributed by atoms with van der Waals surface area (Å²) < 4.78 is 32.1. The Bertz CT molecular complexity index is 648. The normalized spacial score (nSPS) is 24.3. The zero-order chi connectivity index (χ0) is 20.6. The maximum Gasteiger partial charge on any atom is 0.308 e. The maximum atomic E-state index is 13.3. The smallest absolute Gasteiger partial charge is 0.308 e. The summed E-state index contributed by atoms with van der Waals surface area (Å²) in [6.07, 6.45) is 0.898. The summed E-state index contributed by atoms with van der Waals surface area (Å²) in [4.78, 5) is 37.1. The molecule has 1 fully saturated rings. The molecule has 0 saturated carbocycles. The first-order valence-corrected chi connectivity index (χ1v) is 10.6. The highest BCUT2D eigenvalue weighted by atomic mass is 32.2. The molecule has 2 atom stereocenters. The predicted octanol–water partition coefficient (Wildman–Crippen LogP) is 1.97. The molecule has 6 nitrogen and oxygen atoms in total. The Labute approximate surface area is 168 Å². The summed E-state index contributed by atoms with van der Waals surface area (Å²) in [6, 6.07) is 0. The Morgan fingerprint density at radius 2 is 2.18 bits per heavy atom. The van der Waals surface area contributed by atoms with Gasteiger partial charge < -0.3 is 10.1 Å². The summed E-state index contributed by atoms with van der Waals surface area (Å²) in [5.74, 6) is 1.49. The fourth-order valence-electron chi connectivity index (χ4n) is 3.07. The van der Waals surface area contributed by atoms with Gasteiger partial charge in [-0.15, -0.1) is 11.8 Å². The zero-order valence-corrected chi connectivity index (χ0v) is 16.8. The number of amides is 3. The summed E-state index contributed by atoms with van der Waals surface area (Å²) in [7, 11) is 0. The van der Waals surface area contributed by atoms with Crippen LogP contribution < -0.4 is 5.32 Å². The largest absolute Gasteiger partial charge is 0.368 e. The number of alkyl halides is 2. The van der Waals surface area contributed by atoms with Crippen LogP contribution in [-0.2, 0) is 19.1 Å². The van der Waals surface area contributed by atoms with E-state index in [9.17, 15) is 23.2 Å². The number of hydrogen-bond acceptors (Lipinski definition) is 5. The third-order valence-corrected chi connectivity index (χ3v) is 5.65. The molecule has 2 unspecified atom stereocenters. The van der Waals surface area contributed by atoms with Gasteiger partial charge in [-0.2, -0.15) is 8.78 Å². The first-order valence-electron chi connectivity index (χ1n) is 9.54. The fourth-order valence-corrected chi connectivity index (χ4v) is 4.00. The summed E-state index contributed by atoms with van der Waals surface area (Å²) in [6.45, 7) is 2.31. The molecule has 0 spiro atoms. The van der Waals surface area contributed by atoms with Gasteiger partial charge in [0, 0.05) is 32.4 Å². The number of hydrogen-bond donors (Lipinski definition) is 1. The van der Waals surface area contributed by atoms with Crippen molar-refractivity contribution in [3.05, 3.63) is 0 Å². The molecule has 0 aromatic rings. The van der Waals surface area contributed by atoms with Crippen LogP contribution in [-0.4, -0.2) is 65.3 Å². The molecule has 3 amide bonds. The molecule has 1 N–H and O–H groups in total. The third-order valence-electron chi connectivity index (χ3n) is 4.54. The Morgan fingerprint density at radius 1 is 1.39 bits per heavy atom. The van der Waals surface area contributed by atoms with Crippen LogP contribution in [0.25, 0.3) is 0 Å². The number of halogens is 2. The second-order valence-electron chi connectivity index (χ2n) is 6.75. The molecule has 0 aromatic heterocycles. The first kappa shape index (κ1) is 22.6. The molecule has 2 rings (SSSR count). The second-order valence-corrected chi connectivity index (χ2v) is 8.23. The van der Waals surface area contributed by atoms with Crippen molar-refractivity contribution in [3.8, 4) is 11.8 Å². The lowest BCUT2D eigenvalue weighted by Crippen LogP contribution is -2.36. The van der Waals surface area contributed by atoms with Gasteiger partial charge in [0.1, 0.15) is 6.61 Å². The molecule has 1 heterocycles. The number of carbonyl (C=O) groups is 3. The number of rotatable bonds is 9. The van der Waals surface area contributed by atoms with Gasteiger partial charge in [-0.3, -0.25) is 19.3 Å². The Morgan fingerprint density at radius 3 is 2.93 bits per heavy atom. The van der Waals surface area contributed by atoms with E-state index in [-0.39, 0.29) is 55.4 Å². The lowest BCUT2D eigenvalue weighted by atomic mass is 10.0. The third kappa shape index (κ3) is 7.06. The summed E-state index contributed by atoms with van der Waals surface area (Å²) >= 11 is 1.47. The molecule has 0 bridgehead atoms. The van der Waals surface area contributed by atoms with Gasteiger partial charge in [-0.1, -0.05) is 12.8 Å². The van der Waals surface area contributed by atoms with Gasteiger partial charge in [-0.25, -0.2) is 0 Å². The molecular weight excluding hydrogens is 390 g/mol. The van der Waals surface area contributed by atoms with Gasteiger partial charge in [-0.05, 0) is 30.9 Å². The van der Waals surface area contributed by atoms with E-state index in [0.29, 0.717) is 25.8 Å². The molecule has 156 valence electrons. The SMILES string of the molecule is CCSC1CC(=O)N(CCCNC(=O)COC2CCC#CC(F)(F)CC2)C1=O. The topological polar surface area (TPSA) is 75.7 Å². The molecule has 0 aromatic carbocycles. The van der Waals surface area contributed by atoms with Crippen molar-refractivity contribution >= 4 is 29.5 Å². The van der Waals surface area contributed by atoms with Crippen LogP contribution in [0, 0.1) is 11.8 Å². The van der Waals surface area contributed by atoms with Crippen molar-refractivity contribution < 1.29 is 27.9 Å². The van der Waals surface area contributed by atoms with Crippen molar-refractivity contribution in [1.29, 1.82) is 0 Å². The number of nitrogens with one attached hydrogen (secondary N) is 1. The van der Waals surface area contributed by atoms with Crippen LogP contribution in [0.1, 0.15) is 45.4 Å². The quantitative estimate of drug-likeness (QED) is 0.353. The van der Waals surface area contributed by atoms with Crippen molar-refractivity contribution in [3.63, 3.8) is 0 Å². The number of thioether (sulfide) groups is 1. The van der Waals surface area contributed by atoms with Gasteiger partial charge in [0.25, 0.3) is 0 Å². The number of imide groups is 1. The number of ether oxygens (including phenoxy) is 1. The van der Waals surface area contributed by atoms with Crippen LogP contribution in [0.15, 0.2) is 0 Å². The molecular formula is C19H26F2N2O4S. The predicted molar refractivity (Wildman–Crippen MR) is 102 cm³/mol. The summed E-state index contributed by atoms with van der Waals surface area (Å²) in [5.41, 5.74) is 0. The van der Waals surface area contributed by atoms with E-state index in [0.717, 1.165) is 5.75 Å². The summed E-state index contributed by atoms with van der Waals surface area (Å²) in [5, 5.41) is 2.37. The van der Waals surface area contributed by atoms with E-state index < -0.39 is 12.0 Å². The lowest BCUT2D eigenvalue weighted by molar-refractivity contribution is -0.138. The number of likely N-dealkylation sites (tertiary alicyclic amines) is 1. The molecule has 28 heavy (non-hydrogen) atoms. The van der Waals surface area contributed by atoms with E-state index >= 15 is 0 Å². The molecule has 2 aliphatic rings. The average Bonchev–Trinajstić information content (AvgIpc) is 2.89. The van der Waals surface area contributed by atoms with E-state index in [1.807, 2.05) is 12.8 Å². The molecule has 0 radical (unpaired) electrons. The lowest BCUT2D eigenvalue weighted by Gasteiger charge is -2.20. The van der Waals surface area contributed by atoms with Crippen molar-refractivity contribution in [2.75, 3.05) is 25.4 Å². The second kappa shape index (κ2) is 10.8. The van der Waals surface area contributed by atoms with Crippen LogP contribution in [0.4, 0.5) is 8.78 Å². The van der Waals surface area contributed by atoms with E-state index in [1.165, 1.54) is 16.7 Å². The van der Waals surface area contributed by atoms with Crippen LogP contribution in [0.2, 0.25) is 0 Å².